The number of ketones is 2. The van der Waals surface area contributed by atoms with Crippen LogP contribution in [0.15, 0.2) is 54.8 Å². The first-order chi connectivity index (χ1) is 25.9. The van der Waals surface area contributed by atoms with Crippen LogP contribution in [0.4, 0.5) is 0 Å². The number of hydrogen-bond acceptors (Lipinski definition) is 11. The monoisotopic (exact) mass is 762 g/mol. The van der Waals surface area contributed by atoms with Crippen molar-refractivity contribution in [2.75, 3.05) is 27.3 Å². The van der Waals surface area contributed by atoms with Gasteiger partial charge in [0.05, 0.1) is 36.5 Å². The van der Waals surface area contributed by atoms with E-state index in [-0.39, 0.29) is 37.6 Å². The maximum atomic E-state index is 14.6. The smallest absolute Gasteiger partial charge is 0.316 e. The molecule has 11 heteroatoms. The van der Waals surface area contributed by atoms with Gasteiger partial charge < -0.3 is 33.7 Å². The van der Waals surface area contributed by atoms with E-state index >= 15 is 0 Å². The van der Waals surface area contributed by atoms with Crippen molar-refractivity contribution in [2.24, 2.45) is 29.6 Å². The van der Waals surface area contributed by atoms with Gasteiger partial charge in [-0.3, -0.25) is 19.4 Å². The topological polar surface area (TPSA) is 134 Å². The molecular formula is C44H62N2O9. The normalized spacial score (nSPS) is 38.4. The number of rotatable bonds is 8. The number of likely N-dealkylation sites (N-methyl/N-ethyl adjacent to an activating group) is 1. The van der Waals surface area contributed by atoms with Crippen LogP contribution in [0.2, 0.25) is 0 Å². The lowest BCUT2D eigenvalue weighted by molar-refractivity contribution is -0.296. The van der Waals surface area contributed by atoms with Gasteiger partial charge in [0.25, 0.3) is 0 Å². The molecular weight excluding hydrogens is 700 g/mol. The number of cyclic esters (lactones) is 1. The lowest BCUT2D eigenvalue weighted by Gasteiger charge is -2.47. The molecule has 0 amide bonds. The number of carbonyl (C=O) groups is 3. The molecule has 3 saturated heterocycles. The molecule has 0 radical (unpaired) electrons. The van der Waals surface area contributed by atoms with Crippen molar-refractivity contribution in [1.82, 2.24) is 9.88 Å². The molecule has 0 bridgehead atoms. The molecule has 1 aromatic carbocycles. The number of aliphatic hydroxyl groups is 1. The Kier molecular flexibility index (Phi) is 13.6. The molecule has 2 aromatic rings. The predicted molar refractivity (Wildman–Crippen MR) is 211 cm³/mol. The quantitative estimate of drug-likeness (QED) is 0.187. The number of pyridine rings is 1. The van der Waals surface area contributed by atoms with Crippen LogP contribution in [0.1, 0.15) is 80.2 Å². The van der Waals surface area contributed by atoms with Crippen molar-refractivity contribution in [3.63, 3.8) is 0 Å². The Morgan fingerprint density at radius 3 is 2.47 bits per heavy atom. The Balaban J connectivity index is 1.56. The molecule has 11 nitrogen and oxygen atoms in total. The second-order valence-electron chi connectivity index (χ2n) is 16.8. The SMILES string of the molecule is C=C1CO[C@]2(C)[C@@H](CC)OC(=O)C(C)C(=O)[C@H](C)[C@@H](O[C@@H]3O[C@H](C)C[C@H](N(C)C)[C@H]3O)[C@](C)(OC/C=C\c3ccc4ncccc4c3)C[C@@H](C)C(=O)C(C)[C@H]12. The zero-order chi connectivity index (χ0) is 40.4. The van der Waals surface area contributed by atoms with Gasteiger partial charge in [-0.2, -0.15) is 0 Å². The van der Waals surface area contributed by atoms with Gasteiger partial charge in [-0.25, -0.2) is 0 Å². The molecule has 13 atom stereocenters. The van der Waals surface area contributed by atoms with Gasteiger partial charge in [0, 0.05) is 41.3 Å². The molecule has 3 aliphatic rings. The third kappa shape index (κ3) is 8.97. The molecule has 3 aliphatic heterocycles. The molecule has 2 unspecified atom stereocenters. The van der Waals surface area contributed by atoms with E-state index in [1.54, 1.807) is 20.0 Å². The predicted octanol–water partition coefficient (Wildman–Crippen LogP) is 6.20. The summed E-state index contributed by atoms with van der Waals surface area (Å²) in [4.78, 5) is 49.3. The number of ether oxygens (including phenoxy) is 5. The molecule has 3 fully saturated rings. The molecule has 302 valence electrons. The maximum absolute atomic E-state index is 14.6. The number of fused-ring (bicyclic) bond motifs is 2. The standard InChI is InChI=1S/C44H62N2O9/c1-12-35-44(9)36(26(3)24-52-44)28(5)37(47)25(2)23-43(8,51-20-14-15-31-17-18-33-32(22-31)16-13-19-45-33)40(29(6)38(48)30(7)41(50)54-35)55-42-39(49)34(46(10)11)21-27(4)53-42/h13-19,22,25,27-30,34-36,39-40,42,49H,3,12,20-21,23-24H2,1-2,4-11H3/b15-14-/t25-,27-,28?,29+,30?,34+,35-,36+,39-,40-,42+,43-,44-/m1/s1. The first-order valence-electron chi connectivity index (χ1n) is 19.8. The zero-order valence-electron chi connectivity index (χ0n) is 34.3. The number of nitrogens with zero attached hydrogens (tertiary/aromatic N) is 2. The molecule has 0 aliphatic carbocycles. The van der Waals surface area contributed by atoms with Gasteiger partial charge in [0.15, 0.2) is 12.1 Å². The minimum absolute atomic E-state index is 0.0300. The highest BCUT2D eigenvalue weighted by Gasteiger charge is 2.55. The number of hydrogen-bond donors (Lipinski definition) is 1. The molecule has 4 heterocycles. The maximum Gasteiger partial charge on any atom is 0.316 e. The van der Waals surface area contributed by atoms with Gasteiger partial charge in [0.2, 0.25) is 0 Å². The van der Waals surface area contributed by atoms with Crippen LogP contribution in [-0.2, 0) is 38.1 Å². The first-order valence-corrected chi connectivity index (χ1v) is 19.8. The summed E-state index contributed by atoms with van der Waals surface area (Å²) in [5.41, 5.74) is 0.307. The van der Waals surface area contributed by atoms with Gasteiger partial charge in [-0.1, -0.05) is 58.6 Å². The molecule has 5 rings (SSSR count). The van der Waals surface area contributed by atoms with Crippen molar-refractivity contribution in [1.29, 1.82) is 0 Å². The van der Waals surface area contributed by atoms with Crippen molar-refractivity contribution in [2.45, 2.75) is 123 Å². The molecule has 1 aromatic heterocycles. The summed E-state index contributed by atoms with van der Waals surface area (Å²) in [6.07, 6.45) is 2.59. The summed E-state index contributed by atoms with van der Waals surface area (Å²) in [6.45, 7) is 19.2. The number of aromatic nitrogens is 1. The third-order valence-electron chi connectivity index (χ3n) is 12.3. The summed E-state index contributed by atoms with van der Waals surface area (Å²) in [6, 6.07) is 9.60. The van der Waals surface area contributed by atoms with Crippen LogP contribution in [0.25, 0.3) is 17.0 Å². The fourth-order valence-corrected chi connectivity index (χ4v) is 9.27. The van der Waals surface area contributed by atoms with E-state index in [9.17, 15) is 19.5 Å². The molecule has 0 spiro atoms. The highest BCUT2D eigenvalue weighted by Crippen LogP contribution is 2.46. The Morgan fingerprint density at radius 1 is 1.05 bits per heavy atom. The van der Waals surface area contributed by atoms with Crippen molar-refractivity contribution >= 4 is 34.5 Å². The Bertz CT molecular complexity index is 1740. The van der Waals surface area contributed by atoms with Crippen LogP contribution < -0.4 is 0 Å². The minimum Gasteiger partial charge on any atom is -0.459 e. The van der Waals surface area contributed by atoms with E-state index < -0.39 is 77.1 Å². The molecule has 1 N–H and O–H groups in total. The Labute approximate surface area is 326 Å². The lowest BCUT2D eigenvalue weighted by atomic mass is 9.69. The van der Waals surface area contributed by atoms with E-state index in [4.69, 9.17) is 23.7 Å². The summed E-state index contributed by atoms with van der Waals surface area (Å²) in [7, 11) is 3.78. The van der Waals surface area contributed by atoms with Gasteiger partial charge in [-0.05, 0) is 90.4 Å². The van der Waals surface area contributed by atoms with Crippen LogP contribution in [0.5, 0.6) is 0 Å². The fourth-order valence-electron chi connectivity index (χ4n) is 9.27. The average molecular weight is 763 g/mol. The van der Waals surface area contributed by atoms with Gasteiger partial charge in [-0.15, -0.1) is 0 Å². The highest BCUT2D eigenvalue weighted by atomic mass is 16.7. The van der Waals surface area contributed by atoms with Crippen molar-refractivity contribution < 1.29 is 43.2 Å². The average Bonchev–Trinajstić information content (AvgIpc) is 3.47. The van der Waals surface area contributed by atoms with Crippen LogP contribution in [-0.4, -0.2) is 108 Å². The van der Waals surface area contributed by atoms with E-state index in [2.05, 4.69) is 11.6 Å². The van der Waals surface area contributed by atoms with E-state index in [0.717, 1.165) is 22.0 Å². The summed E-state index contributed by atoms with van der Waals surface area (Å²) in [5, 5.41) is 12.6. The van der Waals surface area contributed by atoms with E-state index in [1.165, 1.54) is 0 Å². The largest absolute Gasteiger partial charge is 0.459 e. The highest BCUT2D eigenvalue weighted by molar-refractivity contribution is 6.00. The third-order valence-corrected chi connectivity index (χ3v) is 12.3. The second-order valence-corrected chi connectivity index (χ2v) is 16.8. The second kappa shape index (κ2) is 17.4. The van der Waals surface area contributed by atoms with E-state index in [1.807, 2.05) is 103 Å². The molecule has 0 saturated carbocycles. The van der Waals surface area contributed by atoms with Gasteiger partial charge in [0.1, 0.15) is 29.5 Å². The van der Waals surface area contributed by atoms with Gasteiger partial charge >= 0.3 is 5.97 Å². The number of carbonyl (C=O) groups excluding carboxylic acids is 3. The first kappa shape index (κ1) is 42.8. The van der Waals surface area contributed by atoms with Crippen LogP contribution in [0, 0.1) is 29.6 Å². The minimum atomic E-state index is -1.29. The van der Waals surface area contributed by atoms with Crippen LogP contribution in [0.3, 0.4) is 0 Å². The number of esters is 1. The summed E-state index contributed by atoms with van der Waals surface area (Å²) in [5.74, 6) is -4.73. The number of benzene rings is 1. The zero-order valence-corrected chi connectivity index (χ0v) is 34.3. The summed E-state index contributed by atoms with van der Waals surface area (Å²) < 4.78 is 32.2. The number of aliphatic hydroxyl groups excluding tert-OH is 1. The fraction of sp³-hybridized carbons (Fsp3) is 0.636. The lowest BCUT2D eigenvalue weighted by Crippen LogP contribution is -2.59. The van der Waals surface area contributed by atoms with E-state index in [0.29, 0.717) is 12.8 Å². The van der Waals surface area contributed by atoms with Crippen molar-refractivity contribution in [3.05, 3.63) is 60.3 Å². The summed E-state index contributed by atoms with van der Waals surface area (Å²) >= 11 is 0. The Hall–Kier alpha value is -3.32. The Morgan fingerprint density at radius 2 is 1.78 bits per heavy atom. The number of Topliss-reactive ketones (excluding diaryl/α,β-unsaturated/α-hetero) is 2. The molecule has 55 heavy (non-hydrogen) atoms. The van der Waals surface area contributed by atoms with Crippen LogP contribution >= 0.6 is 0 Å². The van der Waals surface area contributed by atoms with Crippen molar-refractivity contribution in [3.8, 4) is 0 Å².